The van der Waals surface area contributed by atoms with Crippen molar-refractivity contribution in [2.75, 3.05) is 10.6 Å². The zero-order valence-electron chi connectivity index (χ0n) is 10.9. The number of carbonyl (C=O) groups excluding carboxylic acids is 1. The Hall–Kier alpha value is -1.63. The third-order valence-corrected chi connectivity index (χ3v) is 3.40. The smallest absolute Gasteiger partial charge is 0.246 e. The molecule has 0 saturated carbocycles. The average Bonchev–Trinajstić information content (AvgIpc) is 2.41. The standard InChI is InChI=1S/C15H14FIN2O/c1-10(18-12-6-4-5-11(17)9-12)15(20)19-14-8-3-2-7-13(14)16/h2-10,18H,1H3,(H,19,20). The van der Waals surface area contributed by atoms with Gasteiger partial charge in [0, 0.05) is 9.26 Å². The number of nitrogens with one attached hydrogen (secondary N) is 2. The van der Waals surface area contributed by atoms with Gasteiger partial charge >= 0.3 is 0 Å². The van der Waals surface area contributed by atoms with Crippen molar-refractivity contribution < 1.29 is 9.18 Å². The van der Waals surface area contributed by atoms with Crippen molar-refractivity contribution in [3.05, 3.63) is 57.9 Å². The van der Waals surface area contributed by atoms with Crippen LogP contribution >= 0.6 is 22.6 Å². The molecule has 0 heterocycles. The summed E-state index contributed by atoms with van der Waals surface area (Å²) in [5.41, 5.74) is 1.04. The predicted molar refractivity (Wildman–Crippen MR) is 87.3 cm³/mol. The molecule has 2 aromatic carbocycles. The Morgan fingerprint density at radius 1 is 1.20 bits per heavy atom. The fourth-order valence-corrected chi connectivity index (χ4v) is 2.24. The van der Waals surface area contributed by atoms with E-state index in [-0.39, 0.29) is 11.6 Å². The van der Waals surface area contributed by atoms with E-state index in [9.17, 15) is 9.18 Å². The number of para-hydroxylation sites is 1. The molecule has 1 atom stereocenters. The number of amides is 1. The first-order valence-corrected chi connectivity index (χ1v) is 7.21. The van der Waals surface area contributed by atoms with Crippen molar-refractivity contribution in [2.24, 2.45) is 0 Å². The topological polar surface area (TPSA) is 41.1 Å². The van der Waals surface area contributed by atoms with Crippen LogP contribution in [0.5, 0.6) is 0 Å². The van der Waals surface area contributed by atoms with E-state index >= 15 is 0 Å². The van der Waals surface area contributed by atoms with Gasteiger partial charge in [-0.05, 0) is 59.8 Å². The number of anilines is 2. The molecule has 0 saturated heterocycles. The van der Waals surface area contributed by atoms with Gasteiger partial charge in [0.25, 0.3) is 0 Å². The highest BCUT2D eigenvalue weighted by Gasteiger charge is 2.14. The Bertz CT molecular complexity index is 618. The summed E-state index contributed by atoms with van der Waals surface area (Å²) in [7, 11) is 0. The number of carbonyl (C=O) groups is 1. The fourth-order valence-electron chi connectivity index (χ4n) is 1.70. The van der Waals surface area contributed by atoms with Crippen molar-refractivity contribution in [2.45, 2.75) is 13.0 Å². The van der Waals surface area contributed by atoms with Gasteiger partial charge < -0.3 is 10.6 Å². The zero-order chi connectivity index (χ0) is 14.5. The van der Waals surface area contributed by atoms with Gasteiger partial charge in [-0.3, -0.25) is 4.79 Å². The first-order chi connectivity index (χ1) is 9.56. The monoisotopic (exact) mass is 384 g/mol. The summed E-state index contributed by atoms with van der Waals surface area (Å²) in [5, 5.41) is 5.65. The van der Waals surface area contributed by atoms with Gasteiger partial charge in [0.05, 0.1) is 5.69 Å². The molecule has 1 amide bonds. The van der Waals surface area contributed by atoms with Crippen molar-refractivity contribution in [3.63, 3.8) is 0 Å². The molecule has 5 heteroatoms. The second kappa shape index (κ2) is 6.69. The summed E-state index contributed by atoms with van der Waals surface area (Å²) >= 11 is 2.20. The third kappa shape index (κ3) is 3.93. The zero-order valence-corrected chi connectivity index (χ0v) is 13.0. The molecule has 0 radical (unpaired) electrons. The molecular formula is C15H14FIN2O. The molecule has 2 N–H and O–H groups in total. The van der Waals surface area contributed by atoms with Gasteiger partial charge in [-0.15, -0.1) is 0 Å². The van der Waals surface area contributed by atoms with Crippen LogP contribution < -0.4 is 10.6 Å². The molecule has 0 fully saturated rings. The first-order valence-electron chi connectivity index (χ1n) is 6.14. The van der Waals surface area contributed by atoms with E-state index in [0.717, 1.165) is 9.26 Å². The van der Waals surface area contributed by atoms with Crippen LogP contribution in [0.15, 0.2) is 48.5 Å². The first kappa shape index (κ1) is 14.8. The van der Waals surface area contributed by atoms with Gasteiger partial charge in [-0.2, -0.15) is 0 Å². The summed E-state index contributed by atoms with van der Waals surface area (Å²) in [6, 6.07) is 13.3. The number of hydrogen-bond donors (Lipinski definition) is 2. The highest BCUT2D eigenvalue weighted by molar-refractivity contribution is 14.1. The lowest BCUT2D eigenvalue weighted by molar-refractivity contribution is -0.116. The fraction of sp³-hybridized carbons (Fsp3) is 0.133. The van der Waals surface area contributed by atoms with Gasteiger partial charge in [-0.1, -0.05) is 18.2 Å². The Labute approximate surface area is 130 Å². The Morgan fingerprint density at radius 3 is 2.65 bits per heavy atom. The molecule has 0 aliphatic rings. The summed E-state index contributed by atoms with van der Waals surface area (Å²) in [6.07, 6.45) is 0. The second-order valence-corrected chi connectivity index (χ2v) is 5.59. The van der Waals surface area contributed by atoms with E-state index in [0.29, 0.717) is 0 Å². The van der Waals surface area contributed by atoms with Crippen LogP contribution in [-0.2, 0) is 4.79 Å². The minimum Gasteiger partial charge on any atom is -0.374 e. The maximum Gasteiger partial charge on any atom is 0.246 e. The highest BCUT2D eigenvalue weighted by Crippen LogP contribution is 2.15. The van der Waals surface area contributed by atoms with Crippen LogP contribution in [0.2, 0.25) is 0 Å². The second-order valence-electron chi connectivity index (χ2n) is 4.35. The molecule has 0 bridgehead atoms. The minimum absolute atomic E-state index is 0.189. The van der Waals surface area contributed by atoms with Crippen molar-refractivity contribution >= 4 is 39.9 Å². The number of hydrogen-bond acceptors (Lipinski definition) is 2. The molecule has 0 aliphatic heterocycles. The lowest BCUT2D eigenvalue weighted by Crippen LogP contribution is -2.32. The number of benzene rings is 2. The molecule has 2 rings (SSSR count). The van der Waals surface area contributed by atoms with E-state index in [1.165, 1.54) is 12.1 Å². The quantitative estimate of drug-likeness (QED) is 0.786. The van der Waals surface area contributed by atoms with E-state index in [1.54, 1.807) is 19.1 Å². The van der Waals surface area contributed by atoms with Gasteiger partial charge in [0.15, 0.2) is 0 Å². The molecule has 104 valence electrons. The number of halogens is 2. The maximum absolute atomic E-state index is 13.5. The van der Waals surface area contributed by atoms with E-state index in [4.69, 9.17) is 0 Å². The predicted octanol–water partition coefficient (Wildman–Crippen LogP) is 3.87. The average molecular weight is 384 g/mol. The molecule has 0 spiro atoms. The molecule has 0 aliphatic carbocycles. The largest absolute Gasteiger partial charge is 0.374 e. The van der Waals surface area contributed by atoms with Crippen molar-refractivity contribution in [1.29, 1.82) is 0 Å². The van der Waals surface area contributed by atoms with Crippen LogP contribution in [0.25, 0.3) is 0 Å². The van der Waals surface area contributed by atoms with Crippen LogP contribution in [0.4, 0.5) is 15.8 Å². The molecule has 20 heavy (non-hydrogen) atoms. The van der Waals surface area contributed by atoms with E-state index in [2.05, 4.69) is 33.2 Å². The summed E-state index contributed by atoms with van der Waals surface area (Å²) in [6.45, 7) is 1.73. The normalized spacial score (nSPS) is 11.8. The van der Waals surface area contributed by atoms with E-state index in [1.807, 2.05) is 24.3 Å². The minimum atomic E-state index is -0.465. The Kier molecular flexibility index (Phi) is 4.94. The lowest BCUT2D eigenvalue weighted by Gasteiger charge is -2.15. The summed E-state index contributed by atoms with van der Waals surface area (Å²) in [4.78, 5) is 12.0. The van der Waals surface area contributed by atoms with Crippen LogP contribution in [0, 0.1) is 9.39 Å². The maximum atomic E-state index is 13.5. The molecule has 0 aromatic heterocycles. The SMILES string of the molecule is CC(Nc1cccc(I)c1)C(=O)Nc1ccccc1F. The lowest BCUT2D eigenvalue weighted by atomic mass is 10.2. The molecule has 1 unspecified atom stereocenters. The van der Waals surface area contributed by atoms with Crippen molar-refractivity contribution in [3.8, 4) is 0 Å². The third-order valence-electron chi connectivity index (χ3n) is 2.73. The Morgan fingerprint density at radius 2 is 1.95 bits per heavy atom. The van der Waals surface area contributed by atoms with Crippen LogP contribution in [0.3, 0.4) is 0 Å². The van der Waals surface area contributed by atoms with Gasteiger partial charge in [0.1, 0.15) is 11.9 Å². The number of rotatable bonds is 4. The molecule has 3 nitrogen and oxygen atoms in total. The highest BCUT2D eigenvalue weighted by atomic mass is 127. The van der Waals surface area contributed by atoms with Crippen molar-refractivity contribution in [1.82, 2.24) is 0 Å². The molecular weight excluding hydrogens is 370 g/mol. The molecule has 2 aromatic rings. The van der Waals surface area contributed by atoms with E-state index < -0.39 is 11.9 Å². The van der Waals surface area contributed by atoms with Crippen LogP contribution in [0.1, 0.15) is 6.92 Å². The summed E-state index contributed by atoms with van der Waals surface area (Å²) in [5.74, 6) is -0.726. The summed E-state index contributed by atoms with van der Waals surface area (Å²) < 4.78 is 14.5. The van der Waals surface area contributed by atoms with Crippen LogP contribution in [-0.4, -0.2) is 11.9 Å². The van der Waals surface area contributed by atoms with Gasteiger partial charge in [0.2, 0.25) is 5.91 Å². The Balaban J connectivity index is 2.01. The van der Waals surface area contributed by atoms with Gasteiger partial charge in [-0.25, -0.2) is 4.39 Å².